The number of nitrogens with one attached hydrogen (secondary N) is 1. The van der Waals surface area contributed by atoms with E-state index in [0.29, 0.717) is 0 Å². The second kappa shape index (κ2) is 4.71. The predicted molar refractivity (Wildman–Crippen MR) is 71.6 cm³/mol. The van der Waals surface area contributed by atoms with E-state index in [2.05, 4.69) is 0 Å². The van der Waals surface area contributed by atoms with Crippen molar-refractivity contribution < 1.29 is 17.4 Å². The van der Waals surface area contributed by atoms with Crippen molar-refractivity contribution in [3.63, 3.8) is 0 Å². The number of allylic oxidation sites excluding steroid dienone is 1. The van der Waals surface area contributed by atoms with Gasteiger partial charge < -0.3 is 0 Å². The molecule has 1 aliphatic carbocycles. The van der Waals surface area contributed by atoms with Gasteiger partial charge in [-0.25, -0.2) is 0 Å². The molecule has 1 aromatic rings. The molecule has 0 fully saturated rings. The van der Waals surface area contributed by atoms with Crippen LogP contribution in [0.25, 0.3) is 4.91 Å². The maximum Gasteiger partial charge on any atom is 0.297 e. The molecule has 0 aliphatic heterocycles. The lowest BCUT2D eigenvalue weighted by Gasteiger charge is -2.18. The highest BCUT2D eigenvalue weighted by Crippen LogP contribution is 2.30. The molecule has 5 nitrogen and oxygen atoms in total. The number of Topliss-reactive ketones (excluding diaryl/α,β-unsaturated/α-hetero) is 1. The van der Waals surface area contributed by atoms with Crippen LogP contribution in [0.1, 0.15) is 29.8 Å². The minimum atomic E-state index is -3.98. The van der Waals surface area contributed by atoms with E-state index >= 15 is 0 Å². The lowest BCUT2D eigenvalue weighted by Crippen LogP contribution is -2.23. The van der Waals surface area contributed by atoms with Gasteiger partial charge in [0.05, 0.1) is 6.10 Å². The monoisotopic (exact) mass is 279 g/mol. The molecule has 1 N–H and O–H groups in total. The van der Waals surface area contributed by atoms with E-state index in [9.17, 15) is 13.2 Å². The predicted octanol–water partition coefficient (Wildman–Crippen LogP) is 2.00. The summed E-state index contributed by atoms with van der Waals surface area (Å²) in [7, 11) is -3.98. The molecule has 1 aromatic carbocycles. The number of carbonyl (C=O) groups excluding carboxylic acids is 1. The summed E-state index contributed by atoms with van der Waals surface area (Å²) in [6.07, 6.45) is 0.535. The van der Waals surface area contributed by atoms with Crippen LogP contribution < -0.4 is 0 Å². The summed E-state index contributed by atoms with van der Waals surface area (Å²) >= 11 is 0. The molecule has 0 saturated carbocycles. The van der Waals surface area contributed by atoms with Gasteiger partial charge in [0.2, 0.25) is 5.78 Å². The zero-order chi connectivity index (χ0) is 14.2. The van der Waals surface area contributed by atoms with E-state index < -0.39 is 22.0 Å². The fraction of sp³-hybridized carbons (Fsp3) is 0.231. The van der Waals surface area contributed by atoms with Crippen LogP contribution in [0.4, 0.5) is 0 Å². The lowest BCUT2D eigenvalue weighted by molar-refractivity contribution is 0.106. The van der Waals surface area contributed by atoms with E-state index in [-0.39, 0.29) is 21.7 Å². The van der Waals surface area contributed by atoms with E-state index in [0.717, 1.165) is 6.08 Å². The number of benzene rings is 1. The van der Waals surface area contributed by atoms with Gasteiger partial charge in [0.25, 0.3) is 10.1 Å². The molecule has 6 heteroatoms. The molecule has 0 unspecified atom stereocenters. The highest BCUT2D eigenvalue weighted by Gasteiger charge is 2.31. The Morgan fingerprint density at radius 2 is 1.74 bits per heavy atom. The summed E-state index contributed by atoms with van der Waals surface area (Å²) in [6, 6.07) is 6.31. The van der Waals surface area contributed by atoms with Crippen LogP contribution in [0.3, 0.4) is 0 Å². The van der Waals surface area contributed by atoms with Gasteiger partial charge in [0, 0.05) is 11.1 Å². The van der Waals surface area contributed by atoms with Crippen molar-refractivity contribution in [1.82, 2.24) is 0 Å². The Kier molecular flexibility index (Phi) is 3.38. The van der Waals surface area contributed by atoms with Crippen LogP contribution in [0, 0.1) is 5.41 Å². The summed E-state index contributed by atoms with van der Waals surface area (Å²) in [5.74, 6) is -0.487. The Bertz CT molecular complexity index is 686. The van der Waals surface area contributed by atoms with Crippen molar-refractivity contribution in [2.24, 2.45) is 0 Å². The maximum absolute atomic E-state index is 12.1. The van der Waals surface area contributed by atoms with Crippen LogP contribution >= 0.6 is 0 Å². The average Bonchev–Trinajstić information content (AvgIpc) is 2.32. The van der Waals surface area contributed by atoms with Gasteiger partial charge in [-0.1, -0.05) is 24.3 Å². The second-order valence-electron chi connectivity index (χ2n) is 4.40. The SMILES string of the molecule is CC(C)OS(=O)(=O)C1=CC(=N)C(=O)c2ccccc21. The first kappa shape index (κ1) is 13.6. The van der Waals surface area contributed by atoms with Crippen molar-refractivity contribution in [2.75, 3.05) is 0 Å². The Morgan fingerprint density at radius 3 is 2.32 bits per heavy atom. The minimum absolute atomic E-state index is 0.138. The number of carbonyl (C=O) groups is 1. The first-order chi connectivity index (χ1) is 8.83. The van der Waals surface area contributed by atoms with Crippen LogP contribution in [0.2, 0.25) is 0 Å². The van der Waals surface area contributed by atoms with Gasteiger partial charge in [-0.2, -0.15) is 8.42 Å². The molecule has 0 heterocycles. The molecular weight excluding hydrogens is 266 g/mol. The van der Waals surface area contributed by atoms with Gasteiger partial charge >= 0.3 is 0 Å². The summed E-state index contributed by atoms with van der Waals surface area (Å²) in [5, 5.41) is 7.57. The standard InChI is InChI=1S/C13H13NO4S/c1-8(2)18-19(16,17)12-7-11(14)13(15)10-6-4-3-5-9(10)12/h3-8,14H,1-2H3. The van der Waals surface area contributed by atoms with E-state index in [1.807, 2.05) is 0 Å². The molecule has 100 valence electrons. The topological polar surface area (TPSA) is 84.3 Å². The smallest absolute Gasteiger partial charge is 0.297 e. The highest BCUT2D eigenvalue weighted by atomic mass is 32.2. The average molecular weight is 279 g/mol. The van der Waals surface area contributed by atoms with E-state index in [4.69, 9.17) is 9.59 Å². The van der Waals surface area contributed by atoms with Crippen molar-refractivity contribution in [2.45, 2.75) is 20.0 Å². The lowest BCUT2D eigenvalue weighted by atomic mass is 9.95. The van der Waals surface area contributed by atoms with Gasteiger partial charge in [0.15, 0.2) is 0 Å². The molecule has 0 saturated heterocycles. The van der Waals surface area contributed by atoms with E-state index in [1.54, 1.807) is 26.0 Å². The van der Waals surface area contributed by atoms with Gasteiger partial charge in [-0.05, 0) is 19.9 Å². The summed E-state index contributed by atoms with van der Waals surface area (Å²) in [6.45, 7) is 3.20. The van der Waals surface area contributed by atoms with Crippen molar-refractivity contribution >= 4 is 26.5 Å². The van der Waals surface area contributed by atoms with Gasteiger partial charge in [-0.15, -0.1) is 0 Å². The fourth-order valence-electron chi connectivity index (χ4n) is 1.83. The molecule has 0 bridgehead atoms. The fourth-order valence-corrected chi connectivity index (χ4v) is 3.15. The molecule has 2 rings (SSSR count). The first-order valence-electron chi connectivity index (χ1n) is 5.70. The van der Waals surface area contributed by atoms with Crippen LogP contribution in [0.15, 0.2) is 30.3 Å². The number of hydrogen-bond donors (Lipinski definition) is 1. The summed E-state index contributed by atoms with van der Waals surface area (Å²) < 4.78 is 29.1. The number of ketones is 1. The largest absolute Gasteiger partial charge is 0.297 e. The molecular formula is C13H13NO4S. The first-order valence-corrected chi connectivity index (χ1v) is 7.11. The molecule has 0 amide bonds. The number of hydrogen-bond acceptors (Lipinski definition) is 5. The van der Waals surface area contributed by atoms with E-state index in [1.165, 1.54) is 12.1 Å². The number of fused-ring (bicyclic) bond motifs is 1. The third-order valence-electron chi connectivity index (χ3n) is 2.55. The zero-order valence-electron chi connectivity index (χ0n) is 10.5. The molecule has 0 aromatic heterocycles. The van der Waals surface area contributed by atoms with Crippen LogP contribution in [-0.4, -0.2) is 26.0 Å². The van der Waals surface area contributed by atoms with Crippen molar-refractivity contribution in [1.29, 1.82) is 5.41 Å². The normalized spacial score (nSPS) is 15.4. The Labute approximate surface area is 111 Å². The maximum atomic E-state index is 12.1. The Morgan fingerprint density at radius 1 is 1.16 bits per heavy atom. The Balaban J connectivity index is 2.62. The Hall–Kier alpha value is -1.79. The zero-order valence-corrected chi connectivity index (χ0v) is 11.3. The number of rotatable bonds is 3. The molecule has 1 aliphatic rings. The highest BCUT2D eigenvalue weighted by molar-refractivity contribution is 7.96. The minimum Gasteiger partial charge on any atom is -0.297 e. The molecule has 0 atom stereocenters. The molecule has 0 spiro atoms. The van der Waals surface area contributed by atoms with Gasteiger partial charge in [0.1, 0.15) is 10.6 Å². The van der Waals surface area contributed by atoms with Crippen LogP contribution in [0.5, 0.6) is 0 Å². The van der Waals surface area contributed by atoms with Crippen molar-refractivity contribution in [3.8, 4) is 0 Å². The van der Waals surface area contributed by atoms with Crippen molar-refractivity contribution in [3.05, 3.63) is 41.5 Å². The third kappa shape index (κ3) is 2.50. The summed E-state index contributed by atoms with van der Waals surface area (Å²) in [5.41, 5.74) is 0.134. The summed E-state index contributed by atoms with van der Waals surface area (Å²) in [4.78, 5) is 11.7. The molecule has 0 radical (unpaired) electrons. The van der Waals surface area contributed by atoms with Gasteiger partial charge in [-0.3, -0.25) is 14.4 Å². The van der Waals surface area contributed by atoms with Crippen LogP contribution in [-0.2, 0) is 14.3 Å². The third-order valence-corrected chi connectivity index (χ3v) is 4.06. The second-order valence-corrected chi connectivity index (χ2v) is 5.94. The molecule has 19 heavy (non-hydrogen) atoms. The quantitative estimate of drug-likeness (QED) is 0.858.